The third kappa shape index (κ3) is 6.08. The maximum atomic E-state index is 11.9. The van der Waals surface area contributed by atoms with Crippen LogP contribution in [0.5, 0.6) is 5.75 Å². The molecule has 0 amide bonds. The van der Waals surface area contributed by atoms with Gasteiger partial charge in [0.2, 0.25) is 6.29 Å². The standard InChI is InChI=1S/C18H22IN3O6/c1-3-9-25-16-15(24)13(10-21-22-20)27-18(17(16)28-14(23)4-2)26-12-7-5-11(19)6-8-12/h3,5-8,13,15-18,24H,1,4,9-10H2,2H3/t13-,15-,16+,17-,18-/m1/s1. The van der Waals surface area contributed by atoms with E-state index in [1.807, 2.05) is 12.1 Å². The van der Waals surface area contributed by atoms with E-state index in [9.17, 15) is 9.90 Å². The summed E-state index contributed by atoms with van der Waals surface area (Å²) in [5, 5.41) is 14.1. The quantitative estimate of drug-likeness (QED) is 0.138. The Morgan fingerprint density at radius 2 is 2.14 bits per heavy atom. The zero-order valence-electron chi connectivity index (χ0n) is 15.3. The highest BCUT2D eigenvalue weighted by atomic mass is 127. The zero-order chi connectivity index (χ0) is 20.5. The minimum Gasteiger partial charge on any atom is -0.461 e. The van der Waals surface area contributed by atoms with Crippen LogP contribution in [0.25, 0.3) is 10.4 Å². The van der Waals surface area contributed by atoms with Crippen molar-refractivity contribution in [1.29, 1.82) is 0 Å². The van der Waals surface area contributed by atoms with Crippen molar-refractivity contribution in [2.24, 2.45) is 5.11 Å². The molecule has 1 N–H and O–H groups in total. The van der Waals surface area contributed by atoms with Crippen LogP contribution in [0.1, 0.15) is 13.3 Å². The van der Waals surface area contributed by atoms with Gasteiger partial charge in [-0.2, -0.15) is 0 Å². The van der Waals surface area contributed by atoms with Gasteiger partial charge in [-0.1, -0.05) is 18.1 Å². The van der Waals surface area contributed by atoms with Gasteiger partial charge in [-0.15, -0.1) is 6.58 Å². The first kappa shape index (κ1) is 22.4. The number of esters is 1. The van der Waals surface area contributed by atoms with E-state index in [1.54, 1.807) is 19.1 Å². The summed E-state index contributed by atoms with van der Waals surface area (Å²) in [5.74, 6) is 0.00191. The molecule has 1 heterocycles. The van der Waals surface area contributed by atoms with Crippen LogP contribution < -0.4 is 4.74 Å². The van der Waals surface area contributed by atoms with Crippen LogP contribution in [0.4, 0.5) is 0 Å². The minimum absolute atomic E-state index is 0.117. The smallest absolute Gasteiger partial charge is 0.306 e. The van der Waals surface area contributed by atoms with Crippen molar-refractivity contribution in [2.75, 3.05) is 13.2 Å². The Bertz CT molecular complexity index is 710. The van der Waals surface area contributed by atoms with Crippen molar-refractivity contribution < 1.29 is 28.8 Å². The molecule has 0 radical (unpaired) electrons. The van der Waals surface area contributed by atoms with E-state index in [4.69, 9.17) is 24.5 Å². The summed E-state index contributed by atoms with van der Waals surface area (Å²) in [7, 11) is 0. The lowest BCUT2D eigenvalue weighted by molar-refractivity contribution is -0.282. The lowest BCUT2D eigenvalue weighted by Gasteiger charge is -2.43. The SMILES string of the molecule is C=CCO[C@H]1[C@H](O)[C@@H](CN=[N+]=[N-])O[C@@H](Oc2ccc(I)cc2)[C@@H]1OC(=O)CC. The normalized spacial score (nSPS) is 26.8. The van der Waals surface area contributed by atoms with Crippen LogP contribution in [0.3, 0.4) is 0 Å². The molecule has 1 aromatic carbocycles. The summed E-state index contributed by atoms with van der Waals surface area (Å²) >= 11 is 2.17. The molecule has 1 aliphatic heterocycles. The van der Waals surface area contributed by atoms with Crippen molar-refractivity contribution in [3.63, 3.8) is 0 Å². The maximum Gasteiger partial charge on any atom is 0.306 e. The minimum atomic E-state index is -1.20. The summed E-state index contributed by atoms with van der Waals surface area (Å²) in [4.78, 5) is 14.6. The number of benzene rings is 1. The number of halogens is 1. The number of hydrogen-bond acceptors (Lipinski definition) is 7. The molecule has 152 valence electrons. The molecule has 0 aliphatic carbocycles. The molecule has 0 aromatic heterocycles. The molecule has 1 fully saturated rings. The Morgan fingerprint density at radius 3 is 2.75 bits per heavy atom. The van der Waals surface area contributed by atoms with E-state index in [-0.39, 0.29) is 19.6 Å². The molecular weight excluding hydrogens is 481 g/mol. The molecule has 2 rings (SSSR count). The van der Waals surface area contributed by atoms with Crippen LogP contribution in [0.2, 0.25) is 0 Å². The molecule has 28 heavy (non-hydrogen) atoms. The van der Waals surface area contributed by atoms with E-state index < -0.39 is 36.7 Å². The highest BCUT2D eigenvalue weighted by Gasteiger charge is 2.49. The predicted octanol–water partition coefficient (Wildman–Crippen LogP) is 2.96. The van der Waals surface area contributed by atoms with Crippen molar-refractivity contribution >= 4 is 28.6 Å². The summed E-state index contributed by atoms with van der Waals surface area (Å²) in [6, 6.07) is 7.20. The number of azide groups is 1. The van der Waals surface area contributed by atoms with Gasteiger partial charge < -0.3 is 24.1 Å². The van der Waals surface area contributed by atoms with Crippen LogP contribution in [-0.2, 0) is 19.0 Å². The number of carbonyl (C=O) groups is 1. The molecule has 0 unspecified atom stereocenters. The number of nitrogens with zero attached hydrogens (tertiary/aromatic N) is 3. The fraction of sp³-hybridized carbons (Fsp3) is 0.500. The van der Waals surface area contributed by atoms with Gasteiger partial charge in [0.1, 0.15) is 18.0 Å². The monoisotopic (exact) mass is 503 g/mol. The van der Waals surface area contributed by atoms with Crippen LogP contribution in [0.15, 0.2) is 42.0 Å². The van der Waals surface area contributed by atoms with Crippen molar-refractivity contribution in [1.82, 2.24) is 0 Å². The Kier molecular flexibility index (Phi) is 9.00. The maximum absolute atomic E-state index is 11.9. The number of aliphatic hydroxyl groups is 1. The van der Waals surface area contributed by atoms with Gasteiger partial charge in [0.15, 0.2) is 6.10 Å². The summed E-state index contributed by atoms with van der Waals surface area (Å²) < 4.78 is 23.8. The summed E-state index contributed by atoms with van der Waals surface area (Å²) in [6.45, 7) is 5.23. The molecule has 1 aliphatic rings. The Morgan fingerprint density at radius 1 is 1.43 bits per heavy atom. The second-order valence-electron chi connectivity index (χ2n) is 5.91. The molecule has 1 aromatic rings. The molecule has 1 saturated heterocycles. The largest absolute Gasteiger partial charge is 0.461 e. The van der Waals surface area contributed by atoms with E-state index in [1.165, 1.54) is 6.08 Å². The first-order valence-electron chi connectivity index (χ1n) is 8.68. The lowest BCUT2D eigenvalue weighted by atomic mass is 9.98. The first-order chi connectivity index (χ1) is 13.5. The van der Waals surface area contributed by atoms with Gasteiger partial charge in [-0.25, -0.2) is 0 Å². The van der Waals surface area contributed by atoms with Crippen molar-refractivity contribution in [3.05, 3.63) is 50.9 Å². The molecule has 5 atom stereocenters. The Balaban J connectivity index is 2.31. The van der Waals surface area contributed by atoms with Gasteiger partial charge in [-0.3, -0.25) is 4.79 Å². The number of hydrogen-bond donors (Lipinski definition) is 1. The van der Waals surface area contributed by atoms with E-state index in [0.717, 1.165) is 3.57 Å². The fourth-order valence-electron chi connectivity index (χ4n) is 2.63. The third-order valence-electron chi connectivity index (χ3n) is 3.97. The predicted molar refractivity (Wildman–Crippen MR) is 109 cm³/mol. The van der Waals surface area contributed by atoms with Gasteiger partial charge in [-0.05, 0) is 52.4 Å². The molecular formula is C18H22IN3O6. The summed E-state index contributed by atoms with van der Waals surface area (Å²) in [6.07, 6.45) is -3.48. The molecule has 9 nitrogen and oxygen atoms in total. The second kappa shape index (κ2) is 11.2. The Hall–Kier alpha value is -1.85. The number of aliphatic hydroxyl groups excluding tert-OH is 1. The van der Waals surface area contributed by atoms with Crippen LogP contribution >= 0.6 is 22.6 Å². The average Bonchev–Trinajstić information content (AvgIpc) is 2.70. The number of rotatable bonds is 9. The van der Waals surface area contributed by atoms with Gasteiger partial charge in [0.05, 0.1) is 19.3 Å². The zero-order valence-corrected chi connectivity index (χ0v) is 17.5. The fourth-order valence-corrected chi connectivity index (χ4v) is 2.99. The molecule has 10 heteroatoms. The topological polar surface area (TPSA) is 123 Å². The van der Waals surface area contributed by atoms with Gasteiger partial charge >= 0.3 is 5.97 Å². The summed E-state index contributed by atoms with van der Waals surface area (Å²) in [5.41, 5.74) is 8.60. The average molecular weight is 503 g/mol. The Labute approximate surface area is 176 Å². The molecule has 0 spiro atoms. The van der Waals surface area contributed by atoms with E-state index in [0.29, 0.717) is 5.75 Å². The molecule has 0 saturated carbocycles. The molecule has 0 bridgehead atoms. The van der Waals surface area contributed by atoms with Crippen molar-refractivity contribution in [2.45, 2.75) is 44.1 Å². The first-order valence-corrected chi connectivity index (χ1v) is 9.76. The van der Waals surface area contributed by atoms with E-state index >= 15 is 0 Å². The third-order valence-corrected chi connectivity index (χ3v) is 4.69. The number of carbonyl (C=O) groups excluding carboxylic acids is 1. The van der Waals surface area contributed by atoms with Crippen LogP contribution in [-0.4, -0.2) is 54.9 Å². The highest BCUT2D eigenvalue weighted by Crippen LogP contribution is 2.29. The van der Waals surface area contributed by atoms with Gasteiger partial charge in [0.25, 0.3) is 0 Å². The van der Waals surface area contributed by atoms with Crippen LogP contribution in [0, 0.1) is 3.57 Å². The van der Waals surface area contributed by atoms with Gasteiger partial charge in [0, 0.05) is 14.9 Å². The second-order valence-corrected chi connectivity index (χ2v) is 7.16. The van der Waals surface area contributed by atoms with E-state index in [2.05, 4.69) is 39.2 Å². The highest BCUT2D eigenvalue weighted by molar-refractivity contribution is 14.1. The lowest BCUT2D eigenvalue weighted by Crippen LogP contribution is -2.62. The van der Waals surface area contributed by atoms with Crippen molar-refractivity contribution in [3.8, 4) is 5.75 Å². The number of ether oxygens (including phenoxy) is 4.